The van der Waals surface area contributed by atoms with Gasteiger partial charge in [-0.25, -0.2) is 0 Å². The number of nitrogens with zero attached hydrogens (tertiary/aromatic N) is 1. The van der Waals surface area contributed by atoms with Crippen LogP contribution in [0.4, 0.5) is 0 Å². The van der Waals surface area contributed by atoms with Gasteiger partial charge in [-0.2, -0.15) is 0 Å². The Bertz CT molecular complexity index is 243. The van der Waals surface area contributed by atoms with Crippen LogP contribution in [0, 0.1) is 0 Å². The fourth-order valence-corrected chi connectivity index (χ4v) is 2.38. The molecule has 0 aromatic rings. The summed E-state index contributed by atoms with van der Waals surface area (Å²) in [7, 11) is 1.66. The minimum absolute atomic E-state index is 0. The number of halogens is 1. The number of hydrogen-bond acceptors (Lipinski definition) is 3. The third-order valence-corrected chi connectivity index (χ3v) is 3.64. The number of piperidine rings is 1. The summed E-state index contributed by atoms with van der Waals surface area (Å²) in [6, 6.07) is 0. The Morgan fingerprint density at radius 1 is 1.33 bits per heavy atom. The molecule has 0 saturated carbocycles. The molecule has 0 spiro atoms. The van der Waals surface area contributed by atoms with Gasteiger partial charge in [-0.3, -0.25) is 4.79 Å². The molecule has 1 fully saturated rings. The van der Waals surface area contributed by atoms with Gasteiger partial charge in [-0.15, -0.1) is 12.4 Å². The highest BCUT2D eigenvalue weighted by Gasteiger charge is 2.41. The number of carbonyl (C=O) groups excluding carboxylic acids is 1. The zero-order chi connectivity index (χ0) is 12.7. The van der Waals surface area contributed by atoms with E-state index in [2.05, 4.69) is 12.2 Å². The van der Waals surface area contributed by atoms with Gasteiger partial charge in [-0.1, -0.05) is 13.3 Å². The van der Waals surface area contributed by atoms with Gasteiger partial charge in [0, 0.05) is 20.2 Å². The van der Waals surface area contributed by atoms with Crippen LogP contribution in [0.5, 0.6) is 0 Å². The maximum atomic E-state index is 12.6. The van der Waals surface area contributed by atoms with E-state index in [1.54, 1.807) is 7.11 Å². The van der Waals surface area contributed by atoms with Crippen molar-refractivity contribution in [3.05, 3.63) is 0 Å². The molecule has 1 N–H and O–H groups in total. The fraction of sp³-hybridized carbons (Fsp3) is 0.923. The third-order valence-electron chi connectivity index (χ3n) is 3.64. The van der Waals surface area contributed by atoms with Crippen molar-refractivity contribution in [3.63, 3.8) is 0 Å². The van der Waals surface area contributed by atoms with Crippen molar-refractivity contribution in [2.45, 2.75) is 45.1 Å². The second kappa shape index (κ2) is 8.73. The number of ether oxygens (including phenoxy) is 1. The van der Waals surface area contributed by atoms with Gasteiger partial charge < -0.3 is 15.0 Å². The summed E-state index contributed by atoms with van der Waals surface area (Å²) in [6.45, 7) is 7.55. The lowest BCUT2D eigenvalue weighted by Gasteiger charge is -2.38. The average Bonchev–Trinajstić information content (AvgIpc) is 2.40. The minimum Gasteiger partial charge on any atom is -0.368 e. The number of carbonyl (C=O) groups is 1. The highest BCUT2D eigenvalue weighted by atomic mass is 35.5. The van der Waals surface area contributed by atoms with Crippen LogP contribution in [0.3, 0.4) is 0 Å². The number of likely N-dealkylation sites (N-methyl/N-ethyl adjacent to an activating group) is 1. The summed E-state index contributed by atoms with van der Waals surface area (Å²) in [4.78, 5) is 14.5. The van der Waals surface area contributed by atoms with Gasteiger partial charge in [0.05, 0.1) is 0 Å². The van der Waals surface area contributed by atoms with E-state index >= 15 is 0 Å². The zero-order valence-corrected chi connectivity index (χ0v) is 12.6. The maximum Gasteiger partial charge on any atom is 0.254 e. The standard InChI is InChI=1S/C13H26N2O2.ClH/c1-4-6-11-15(5-2)12(16)13(17-3)7-9-14-10-8-13;/h14H,4-11H2,1-3H3;1H. The molecule has 1 rings (SSSR count). The van der Waals surface area contributed by atoms with Crippen molar-refractivity contribution in [1.82, 2.24) is 10.2 Å². The molecule has 0 atom stereocenters. The molecule has 1 saturated heterocycles. The summed E-state index contributed by atoms with van der Waals surface area (Å²) in [5.41, 5.74) is -0.574. The first kappa shape index (κ1) is 17.7. The highest BCUT2D eigenvalue weighted by Crippen LogP contribution is 2.25. The molecule has 1 aliphatic rings. The second-order valence-corrected chi connectivity index (χ2v) is 4.69. The summed E-state index contributed by atoms with van der Waals surface area (Å²) in [6.07, 6.45) is 3.75. The number of methoxy groups -OCH3 is 1. The molecule has 0 radical (unpaired) electrons. The Balaban J connectivity index is 0.00000289. The topological polar surface area (TPSA) is 41.6 Å². The molecule has 5 heteroatoms. The molecule has 0 aromatic heterocycles. The minimum atomic E-state index is -0.574. The molecule has 1 heterocycles. The van der Waals surface area contributed by atoms with Crippen LogP contribution in [0.1, 0.15) is 39.5 Å². The Hall–Kier alpha value is -0.320. The molecule has 0 bridgehead atoms. The Morgan fingerprint density at radius 3 is 2.39 bits per heavy atom. The van der Waals surface area contributed by atoms with Crippen LogP contribution in [0.25, 0.3) is 0 Å². The largest absolute Gasteiger partial charge is 0.368 e. The molecular formula is C13H27ClN2O2. The number of hydrogen-bond donors (Lipinski definition) is 1. The van der Waals surface area contributed by atoms with E-state index in [0.29, 0.717) is 0 Å². The average molecular weight is 279 g/mol. The first-order valence-electron chi connectivity index (χ1n) is 6.75. The summed E-state index contributed by atoms with van der Waals surface area (Å²) >= 11 is 0. The molecule has 0 aliphatic carbocycles. The van der Waals surface area contributed by atoms with E-state index in [0.717, 1.165) is 51.9 Å². The van der Waals surface area contributed by atoms with E-state index in [4.69, 9.17) is 4.74 Å². The molecule has 0 aromatic carbocycles. The van der Waals surface area contributed by atoms with Crippen LogP contribution in [0.2, 0.25) is 0 Å². The molecular weight excluding hydrogens is 252 g/mol. The van der Waals surface area contributed by atoms with E-state index in [1.807, 2.05) is 11.8 Å². The first-order chi connectivity index (χ1) is 8.20. The number of unbranched alkanes of at least 4 members (excludes halogenated alkanes) is 1. The normalized spacial score (nSPS) is 17.9. The van der Waals surface area contributed by atoms with Gasteiger partial charge in [-0.05, 0) is 39.3 Å². The smallest absolute Gasteiger partial charge is 0.254 e. The van der Waals surface area contributed by atoms with E-state index in [-0.39, 0.29) is 18.3 Å². The zero-order valence-electron chi connectivity index (χ0n) is 11.8. The van der Waals surface area contributed by atoms with Crippen LogP contribution < -0.4 is 5.32 Å². The van der Waals surface area contributed by atoms with Gasteiger partial charge in [0.15, 0.2) is 0 Å². The lowest BCUT2D eigenvalue weighted by molar-refractivity contribution is -0.158. The van der Waals surface area contributed by atoms with Crippen LogP contribution >= 0.6 is 12.4 Å². The highest BCUT2D eigenvalue weighted by molar-refractivity contribution is 5.85. The maximum absolute atomic E-state index is 12.6. The number of nitrogens with one attached hydrogen (secondary N) is 1. The molecule has 108 valence electrons. The lowest BCUT2D eigenvalue weighted by atomic mass is 9.90. The van der Waals surface area contributed by atoms with Crippen molar-refractivity contribution < 1.29 is 9.53 Å². The Kier molecular flexibility index (Phi) is 8.57. The summed E-state index contributed by atoms with van der Waals surface area (Å²) < 4.78 is 5.57. The molecule has 4 nitrogen and oxygen atoms in total. The van der Waals surface area contributed by atoms with Crippen LogP contribution in [-0.4, -0.2) is 49.7 Å². The van der Waals surface area contributed by atoms with E-state index < -0.39 is 5.60 Å². The van der Waals surface area contributed by atoms with Gasteiger partial charge in [0.2, 0.25) is 0 Å². The fourth-order valence-electron chi connectivity index (χ4n) is 2.38. The van der Waals surface area contributed by atoms with Gasteiger partial charge >= 0.3 is 0 Å². The van der Waals surface area contributed by atoms with Crippen molar-refractivity contribution in [3.8, 4) is 0 Å². The summed E-state index contributed by atoms with van der Waals surface area (Å²) in [5.74, 6) is 0.178. The van der Waals surface area contributed by atoms with Gasteiger partial charge in [0.1, 0.15) is 5.60 Å². The van der Waals surface area contributed by atoms with Gasteiger partial charge in [0.25, 0.3) is 5.91 Å². The summed E-state index contributed by atoms with van der Waals surface area (Å²) in [5, 5.41) is 3.28. The molecule has 1 aliphatic heterocycles. The van der Waals surface area contributed by atoms with Crippen molar-refractivity contribution in [2.24, 2.45) is 0 Å². The van der Waals surface area contributed by atoms with E-state index in [9.17, 15) is 4.79 Å². The van der Waals surface area contributed by atoms with E-state index in [1.165, 1.54) is 0 Å². The molecule has 18 heavy (non-hydrogen) atoms. The van der Waals surface area contributed by atoms with Crippen LogP contribution in [0.15, 0.2) is 0 Å². The monoisotopic (exact) mass is 278 g/mol. The SMILES string of the molecule is CCCCN(CC)C(=O)C1(OC)CCNCC1.Cl. The quantitative estimate of drug-likeness (QED) is 0.806. The third kappa shape index (κ3) is 4.11. The first-order valence-corrected chi connectivity index (χ1v) is 6.75. The number of rotatable bonds is 6. The van der Waals surface area contributed by atoms with Crippen molar-refractivity contribution in [2.75, 3.05) is 33.3 Å². The van der Waals surface area contributed by atoms with Crippen molar-refractivity contribution in [1.29, 1.82) is 0 Å². The second-order valence-electron chi connectivity index (χ2n) is 4.69. The Labute approximate surface area is 117 Å². The predicted molar refractivity (Wildman–Crippen MR) is 76.3 cm³/mol. The van der Waals surface area contributed by atoms with Crippen LogP contribution in [-0.2, 0) is 9.53 Å². The predicted octanol–water partition coefficient (Wildman–Crippen LogP) is 1.83. The van der Waals surface area contributed by atoms with Crippen molar-refractivity contribution >= 4 is 18.3 Å². The molecule has 1 amide bonds. The number of amides is 1. The molecule has 0 unspecified atom stereocenters. The Morgan fingerprint density at radius 2 is 1.94 bits per heavy atom. The lowest BCUT2D eigenvalue weighted by Crippen LogP contribution is -2.55.